The van der Waals surface area contributed by atoms with Crippen LogP contribution in [0.1, 0.15) is 5.56 Å². The van der Waals surface area contributed by atoms with Gasteiger partial charge in [0.1, 0.15) is 17.1 Å². The molecule has 3 aromatic rings. The van der Waals surface area contributed by atoms with Crippen molar-refractivity contribution in [1.29, 1.82) is 0 Å². The number of nitrogens with one attached hydrogen (secondary N) is 1. The first kappa shape index (κ1) is 9.42. The summed E-state index contributed by atoms with van der Waals surface area (Å²) in [6.07, 6.45) is 0. The first-order valence-corrected chi connectivity index (χ1v) is 5.86. The number of hydrogen-bond donors (Lipinski definition) is 2. The monoisotopic (exact) mass is 230 g/mol. The van der Waals surface area contributed by atoms with E-state index in [9.17, 15) is 5.11 Å². The van der Waals surface area contributed by atoms with Gasteiger partial charge in [-0.15, -0.1) is 11.3 Å². The van der Waals surface area contributed by atoms with Gasteiger partial charge in [-0.2, -0.15) is 0 Å². The lowest BCUT2D eigenvalue weighted by atomic mass is 10.2. The molecule has 0 fully saturated rings. The molecule has 0 bridgehead atoms. The maximum atomic E-state index is 9.73. The number of phenols is 1. The molecule has 80 valence electrons. The van der Waals surface area contributed by atoms with E-state index in [4.69, 9.17) is 0 Å². The zero-order chi connectivity index (χ0) is 11.1. The van der Waals surface area contributed by atoms with Crippen molar-refractivity contribution in [2.24, 2.45) is 0 Å². The van der Waals surface area contributed by atoms with Crippen molar-refractivity contribution in [3.63, 3.8) is 0 Å². The fourth-order valence-electron chi connectivity index (χ4n) is 1.74. The van der Waals surface area contributed by atoms with Crippen LogP contribution in [-0.2, 0) is 0 Å². The van der Waals surface area contributed by atoms with Gasteiger partial charge in [0.2, 0.25) is 0 Å². The maximum absolute atomic E-state index is 9.73. The van der Waals surface area contributed by atoms with Gasteiger partial charge >= 0.3 is 0 Å². The van der Waals surface area contributed by atoms with Gasteiger partial charge in [0.05, 0.1) is 10.4 Å². The minimum absolute atomic E-state index is 0.222. The van der Waals surface area contributed by atoms with E-state index in [0.717, 1.165) is 21.8 Å². The Balaban J connectivity index is 2.31. The topological polar surface area (TPSA) is 48.9 Å². The molecule has 0 spiro atoms. The summed E-state index contributed by atoms with van der Waals surface area (Å²) in [5, 5.41) is 11.7. The Morgan fingerprint density at radius 2 is 2.19 bits per heavy atom. The van der Waals surface area contributed by atoms with Crippen molar-refractivity contribution < 1.29 is 5.11 Å². The SMILES string of the molecule is Cc1ccc(O)c2nc(-c3cccs3)[nH]c12. The fraction of sp³-hybridized carbons (Fsp3) is 0.0833. The van der Waals surface area contributed by atoms with E-state index >= 15 is 0 Å². The zero-order valence-corrected chi connectivity index (χ0v) is 9.51. The summed E-state index contributed by atoms with van der Waals surface area (Å²) in [6, 6.07) is 7.55. The molecule has 0 aliphatic carbocycles. The Bertz CT molecular complexity index is 601. The summed E-state index contributed by atoms with van der Waals surface area (Å²) in [4.78, 5) is 8.75. The Hall–Kier alpha value is -1.81. The largest absolute Gasteiger partial charge is 0.506 e. The summed E-state index contributed by atoms with van der Waals surface area (Å²) in [6.45, 7) is 2.00. The van der Waals surface area contributed by atoms with Crippen LogP contribution in [0.5, 0.6) is 5.75 Å². The number of thiophene rings is 1. The molecule has 0 radical (unpaired) electrons. The highest BCUT2D eigenvalue weighted by Crippen LogP contribution is 2.30. The van der Waals surface area contributed by atoms with E-state index in [2.05, 4.69) is 9.97 Å². The summed E-state index contributed by atoms with van der Waals surface area (Å²) >= 11 is 1.63. The van der Waals surface area contributed by atoms with E-state index in [-0.39, 0.29) is 5.75 Å². The van der Waals surface area contributed by atoms with Crippen molar-refractivity contribution in [3.8, 4) is 16.5 Å². The van der Waals surface area contributed by atoms with Crippen LogP contribution < -0.4 is 0 Å². The lowest BCUT2D eigenvalue weighted by Crippen LogP contribution is -1.76. The van der Waals surface area contributed by atoms with Gasteiger partial charge in [0.15, 0.2) is 0 Å². The molecule has 0 atom stereocenters. The predicted molar refractivity (Wildman–Crippen MR) is 65.8 cm³/mol. The number of H-pyrrole nitrogens is 1. The average Bonchev–Trinajstić information content (AvgIpc) is 2.90. The van der Waals surface area contributed by atoms with Gasteiger partial charge in [-0.3, -0.25) is 0 Å². The second-order valence-corrected chi connectivity index (χ2v) is 4.64. The molecule has 2 aromatic heterocycles. The molecule has 0 aliphatic heterocycles. The molecule has 3 nitrogen and oxygen atoms in total. The molecule has 1 aromatic carbocycles. The highest BCUT2D eigenvalue weighted by atomic mass is 32.1. The molecule has 3 rings (SSSR count). The van der Waals surface area contributed by atoms with Crippen molar-refractivity contribution in [3.05, 3.63) is 35.2 Å². The third-order valence-corrected chi connectivity index (χ3v) is 3.46. The molecular formula is C12H10N2OS. The van der Waals surface area contributed by atoms with Gasteiger partial charge in [0.25, 0.3) is 0 Å². The van der Waals surface area contributed by atoms with Crippen molar-refractivity contribution >= 4 is 22.4 Å². The number of benzene rings is 1. The van der Waals surface area contributed by atoms with E-state index < -0.39 is 0 Å². The standard InChI is InChI=1S/C12H10N2OS/c1-7-4-5-8(15)11-10(7)13-12(14-11)9-3-2-6-16-9/h2-6,15H,1H3,(H,13,14). The lowest BCUT2D eigenvalue weighted by molar-refractivity contribution is 0.480. The van der Waals surface area contributed by atoms with Crippen LogP contribution in [0.3, 0.4) is 0 Å². The van der Waals surface area contributed by atoms with Gasteiger partial charge < -0.3 is 10.1 Å². The van der Waals surface area contributed by atoms with Crippen LogP contribution in [0.15, 0.2) is 29.6 Å². The van der Waals surface area contributed by atoms with Crippen LogP contribution in [0.2, 0.25) is 0 Å². The number of aromatic hydroxyl groups is 1. The van der Waals surface area contributed by atoms with Crippen molar-refractivity contribution in [1.82, 2.24) is 9.97 Å². The molecule has 0 unspecified atom stereocenters. The quantitative estimate of drug-likeness (QED) is 0.673. The van der Waals surface area contributed by atoms with Crippen LogP contribution in [0, 0.1) is 6.92 Å². The molecular weight excluding hydrogens is 220 g/mol. The number of fused-ring (bicyclic) bond motifs is 1. The van der Waals surface area contributed by atoms with Gasteiger partial charge in [-0.1, -0.05) is 12.1 Å². The third kappa shape index (κ3) is 1.31. The second-order valence-electron chi connectivity index (χ2n) is 3.69. The number of aryl methyl sites for hydroxylation is 1. The van der Waals surface area contributed by atoms with E-state index in [0.29, 0.717) is 5.52 Å². The van der Waals surface area contributed by atoms with Crippen LogP contribution in [0.25, 0.3) is 21.7 Å². The highest BCUT2D eigenvalue weighted by molar-refractivity contribution is 7.13. The van der Waals surface area contributed by atoms with Gasteiger partial charge in [-0.05, 0) is 30.0 Å². The Kier molecular flexibility index (Phi) is 1.97. The minimum Gasteiger partial charge on any atom is -0.506 e. The summed E-state index contributed by atoms with van der Waals surface area (Å²) in [5.41, 5.74) is 2.63. The molecule has 0 amide bonds. The fourth-order valence-corrected chi connectivity index (χ4v) is 2.41. The molecule has 2 heterocycles. The molecule has 0 saturated carbocycles. The highest BCUT2D eigenvalue weighted by Gasteiger charge is 2.10. The summed E-state index contributed by atoms with van der Waals surface area (Å²) in [7, 11) is 0. The van der Waals surface area contributed by atoms with Crippen LogP contribution in [0.4, 0.5) is 0 Å². The molecule has 4 heteroatoms. The second kappa shape index (κ2) is 3.35. The number of imidazole rings is 1. The average molecular weight is 230 g/mol. The van der Waals surface area contributed by atoms with Crippen LogP contribution in [-0.4, -0.2) is 15.1 Å². The molecule has 2 N–H and O–H groups in total. The number of nitrogens with zero attached hydrogens (tertiary/aromatic N) is 1. The summed E-state index contributed by atoms with van der Waals surface area (Å²) in [5.74, 6) is 1.04. The first-order valence-electron chi connectivity index (χ1n) is 4.98. The normalized spacial score (nSPS) is 11.1. The Morgan fingerprint density at radius 1 is 1.31 bits per heavy atom. The minimum atomic E-state index is 0.222. The molecule has 0 aliphatic rings. The number of phenolic OH excluding ortho intramolecular Hbond substituents is 1. The predicted octanol–water partition coefficient (Wildman–Crippen LogP) is 3.31. The number of rotatable bonds is 1. The Morgan fingerprint density at radius 3 is 2.88 bits per heavy atom. The Labute approximate surface area is 96.4 Å². The van der Waals surface area contributed by atoms with Crippen molar-refractivity contribution in [2.45, 2.75) is 6.92 Å². The van der Waals surface area contributed by atoms with Crippen molar-refractivity contribution in [2.75, 3.05) is 0 Å². The molecule has 16 heavy (non-hydrogen) atoms. The number of aromatic amines is 1. The lowest BCUT2D eigenvalue weighted by Gasteiger charge is -1.95. The zero-order valence-electron chi connectivity index (χ0n) is 8.69. The van der Waals surface area contributed by atoms with E-state index in [1.807, 2.05) is 30.5 Å². The summed E-state index contributed by atoms with van der Waals surface area (Å²) < 4.78 is 0. The maximum Gasteiger partial charge on any atom is 0.148 e. The molecule has 0 saturated heterocycles. The number of hydrogen-bond acceptors (Lipinski definition) is 3. The van der Waals surface area contributed by atoms with Gasteiger partial charge in [0, 0.05) is 0 Å². The first-order chi connectivity index (χ1) is 7.75. The van der Waals surface area contributed by atoms with E-state index in [1.54, 1.807) is 17.4 Å². The van der Waals surface area contributed by atoms with Crippen LogP contribution >= 0.6 is 11.3 Å². The third-order valence-electron chi connectivity index (χ3n) is 2.59. The van der Waals surface area contributed by atoms with Gasteiger partial charge in [-0.25, -0.2) is 4.98 Å². The smallest absolute Gasteiger partial charge is 0.148 e. The number of aromatic nitrogens is 2. The van der Waals surface area contributed by atoms with E-state index in [1.165, 1.54) is 0 Å².